The SMILES string of the molecule is Cl.O=S(=O)(O)c1cccc(Cl)c1. The Bertz CT molecular complexity index is 361. The van der Waals surface area contributed by atoms with Gasteiger partial charge in [-0.05, 0) is 18.2 Å². The molecule has 0 amide bonds. The lowest BCUT2D eigenvalue weighted by Gasteiger charge is -1.95. The quantitative estimate of drug-likeness (QED) is 0.749. The minimum atomic E-state index is -4.11. The highest BCUT2D eigenvalue weighted by Gasteiger charge is 2.07. The van der Waals surface area contributed by atoms with E-state index in [9.17, 15) is 8.42 Å². The van der Waals surface area contributed by atoms with E-state index < -0.39 is 10.1 Å². The predicted octanol–water partition coefficient (Wildman–Crippen LogP) is 2.01. The van der Waals surface area contributed by atoms with Gasteiger partial charge in [0.2, 0.25) is 0 Å². The molecule has 1 aromatic carbocycles. The minimum absolute atomic E-state index is 0. The fraction of sp³-hybridized carbons (Fsp3) is 0. The van der Waals surface area contributed by atoms with E-state index in [1.807, 2.05) is 0 Å². The lowest BCUT2D eigenvalue weighted by molar-refractivity contribution is 0.483. The Morgan fingerprint density at radius 1 is 1.33 bits per heavy atom. The topological polar surface area (TPSA) is 54.4 Å². The molecule has 3 nitrogen and oxygen atoms in total. The first-order valence-corrected chi connectivity index (χ1v) is 4.55. The monoisotopic (exact) mass is 228 g/mol. The largest absolute Gasteiger partial charge is 0.294 e. The maximum atomic E-state index is 10.5. The normalized spacial score (nSPS) is 10.5. The predicted molar refractivity (Wildman–Crippen MR) is 48.5 cm³/mol. The number of halogens is 2. The van der Waals surface area contributed by atoms with Crippen molar-refractivity contribution < 1.29 is 13.0 Å². The number of hydrogen-bond acceptors (Lipinski definition) is 2. The average Bonchev–Trinajstić information content (AvgIpc) is 1.86. The van der Waals surface area contributed by atoms with E-state index >= 15 is 0 Å². The van der Waals surface area contributed by atoms with Crippen LogP contribution in [0.4, 0.5) is 0 Å². The molecule has 68 valence electrons. The van der Waals surface area contributed by atoms with Crippen molar-refractivity contribution in [1.82, 2.24) is 0 Å². The van der Waals surface area contributed by atoms with E-state index in [0.29, 0.717) is 0 Å². The van der Waals surface area contributed by atoms with E-state index in [-0.39, 0.29) is 22.3 Å². The summed E-state index contributed by atoms with van der Waals surface area (Å²) in [5, 5.41) is 0.278. The maximum absolute atomic E-state index is 10.5. The first kappa shape index (κ1) is 11.7. The fourth-order valence-electron chi connectivity index (χ4n) is 0.627. The molecule has 0 saturated carbocycles. The van der Waals surface area contributed by atoms with Crippen molar-refractivity contribution in [3.05, 3.63) is 29.3 Å². The average molecular weight is 229 g/mol. The van der Waals surface area contributed by atoms with E-state index in [0.717, 1.165) is 0 Å². The molecule has 0 aliphatic rings. The second kappa shape index (κ2) is 4.09. The minimum Gasteiger partial charge on any atom is -0.282 e. The molecular weight excluding hydrogens is 223 g/mol. The van der Waals surface area contributed by atoms with Crippen LogP contribution in [0.25, 0.3) is 0 Å². The molecule has 0 aliphatic heterocycles. The van der Waals surface area contributed by atoms with Gasteiger partial charge in [0.25, 0.3) is 10.1 Å². The van der Waals surface area contributed by atoms with Crippen LogP contribution in [0.1, 0.15) is 0 Å². The van der Waals surface area contributed by atoms with Crippen molar-refractivity contribution in [2.24, 2.45) is 0 Å². The van der Waals surface area contributed by atoms with Crippen LogP contribution in [-0.4, -0.2) is 13.0 Å². The molecular formula is C6H6Cl2O3S. The van der Waals surface area contributed by atoms with Gasteiger partial charge in [0.15, 0.2) is 0 Å². The second-order valence-electron chi connectivity index (χ2n) is 1.93. The highest BCUT2D eigenvalue weighted by atomic mass is 35.5. The highest BCUT2D eigenvalue weighted by Crippen LogP contribution is 2.14. The molecule has 0 bridgehead atoms. The Morgan fingerprint density at radius 3 is 2.25 bits per heavy atom. The van der Waals surface area contributed by atoms with Crippen LogP contribution in [0, 0.1) is 0 Å². The van der Waals surface area contributed by atoms with Gasteiger partial charge in [-0.2, -0.15) is 8.42 Å². The zero-order valence-electron chi connectivity index (χ0n) is 5.77. The molecule has 0 aliphatic carbocycles. The third-order valence-electron chi connectivity index (χ3n) is 1.09. The van der Waals surface area contributed by atoms with Gasteiger partial charge in [-0.3, -0.25) is 4.55 Å². The molecule has 0 unspecified atom stereocenters. The van der Waals surface area contributed by atoms with Crippen LogP contribution in [0.15, 0.2) is 29.2 Å². The summed E-state index contributed by atoms with van der Waals surface area (Å²) >= 11 is 5.48. The summed E-state index contributed by atoms with van der Waals surface area (Å²) in [5.41, 5.74) is 0. The number of hydrogen-bond donors (Lipinski definition) is 1. The third-order valence-corrected chi connectivity index (χ3v) is 2.18. The number of rotatable bonds is 1. The van der Waals surface area contributed by atoms with E-state index in [2.05, 4.69) is 0 Å². The second-order valence-corrected chi connectivity index (χ2v) is 3.79. The van der Waals surface area contributed by atoms with Gasteiger partial charge >= 0.3 is 0 Å². The molecule has 0 saturated heterocycles. The van der Waals surface area contributed by atoms with Crippen LogP contribution in [-0.2, 0) is 10.1 Å². The van der Waals surface area contributed by atoms with Gasteiger partial charge in [0, 0.05) is 5.02 Å². The summed E-state index contributed by atoms with van der Waals surface area (Å²) < 4.78 is 29.5. The van der Waals surface area contributed by atoms with Gasteiger partial charge in [-0.1, -0.05) is 17.7 Å². The zero-order valence-corrected chi connectivity index (χ0v) is 8.16. The van der Waals surface area contributed by atoms with Crippen LogP contribution in [0.5, 0.6) is 0 Å². The van der Waals surface area contributed by atoms with Crippen molar-refractivity contribution >= 4 is 34.1 Å². The maximum Gasteiger partial charge on any atom is 0.294 e. The summed E-state index contributed by atoms with van der Waals surface area (Å²) in [4.78, 5) is -0.190. The summed E-state index contributed by atoms with van der Waals surface area (Å²) in [6, 6.07) is 5.42. The lowest BCUT2D eigenvalue weighted by Crippen LogP contribution is -1.96. The van der Waals surface area contributed by atoms with Crippen LogP contribution < -0.4 is 0 Å². The van der Waals surface area contributed by atoms with Crippen LogP contribution in [0.3, 0.4) is 0 Å². The molecule has 0 atom stereocenters. The van der Waals surface area contributed by atoms with Crippen molar-refractivity contribution in [1.29, 1.82) is 0 Å². The summed E-state index contributed by atoms with van der Waals surface area (Å²) in [5.74, 6) is 0. The molecule has 1 N–H and O–H groups in total. The standard InChI is InChI=1S/C6H5ClO3S.ClH/c7-5-2-1-3-6(4-5)11(8,9)10;/h1-4H,(H,8,9,10);1H. The Morgan fingerprint density at radius 2 is 1.92 bits per heavy atom. The Labute approximate surface area is 81.5 Å². The van der Waals surface area contributed by atoms with E-state index in [1.54, 1.807) is 0 Å². The van der Waals surface area contributed by atoms with E-state index in [4.69, 9.17) is 16.2 Å². The summed E-state index contributed by atoms with van der Waals surface area (Å²) in [6.07, 6.45) is 0. The number of benzene rings is 1. The first-order chi connectivity index (χ1) is 5.00. The van der Waals surface area contributed by atoms with Gasteiger partial charge in [-0.15, -0.1) is 12.4 Å². The molecule has 0 fully saturated rings. The van der Waals surface area contributed by atoms with E-state index in [1.165, 1.54) is 24.3 Å². The Balaban J connectivity index is 0.00000121. The van der Waals surface area contributed by atoms with Gasteiger partial charge in [0.1, 0.15) is 0 Å². The van der Waals surface area contributed by atoms with Crippen molar-refractivity contribution in [3.8, 4) is 0 Å². The van der Waals surface area contributed by atoms with Crippen molar-refractivity contribution in [2.75, 3.05) is 0 Å². The molecule has 0 radical (unpaired) electrons. The highest BCUT2D eigenvalue weighted by molar-refractivity contribution is 7.85. The Hall–Kier alpha value is -0.290. The molecule has 0 spiro atoms. The molecule has 6 heteroatoms. The van der Waals surface area contributed by atoms with Gasteiger partial charge in [-0.25, -0.2) is 0 Å². The van der Waals surface area contributed by atoms with Crippen molar-refractivity contribution in [2.45, 2.75) is 4.90 Å². The van der Waals surface area contributed by atoms with Crippen LogP contribution in [0.2, 0.25) is 5.02 Å². The smallest absolute Gasteiger partial charge is 0.282 e. The van der Waals surface area contributed by atoms with Gasteiger partial charge in [0.05, 0.1) is 4.90 Å². The third kappa shape index (κ3) is 2.98. The summed E-state index contributed by atoms with van der Waals surface area (Å²) in [7, 11) is -4.11. The van der Waals surface area contributed by atoms with Crippen molar-refractivity contribution in [3.63, 3.8) is 0 Å². The molecule has 0 heterocycles. The molecule has 12 heavy (non-hydrogen) atoms. The lowest BCUT2D eigenvalue weighted by atomic mass is 10.4. The van der Waals surface area contributed by atoms with Gasteiger partial charge < -0.3 is 0 Å². The summed E-state index contributed by atoms with van der Waals surface area (Å²) in [6.45, 7) is 0. The zero-order chi connectivity index (χ0) is 8.48. The fourth-order valence-corrected chi connectivity index (χ4v) is 1.41. The molecule has 1 rings (SSSR count). The molecule has 0 aromatic heterocycles. The Kier molecular flexibility index (Phi) is 3.99. The molecule has 1 aromatic rings. The van der Waals surface area contributed by atoms with Crippen LogP contribution >= 0.6 is 24.0 Å². The first-order valence-electron chi connectivity index (χ1n) is 2.73.